The van der Waals surface area contributed by atoms with Gasteiger partial charge in [-0.25, -0.2) is 4.79 Å². The molecule has 0 saturated heterocycles. The summed E-state index contributed by atoms with van der Waals surface area (Å²) in [5.74, 6) is -0.385. The van der Waals surface area contributed by atoms with Crippen molar-refractivity contribution in [2.75, 3.05) is 0 Å². The Morgan fingerprint density at radius 1 is 1.26 bits per heavy atom. The summed E-state index contributed by atoms with van der Waals surface area (Å²) in [6.45, 7) is 9.36. The average molecular weight is 318 g/mol. The first-order valence-electron chi connectivity index (χ1n) is 8.05. The molecular weight excluding hydrogens is 292 g/mol. The number of hydrogen-bond acceptors (Lipinski definition) is 4. The van der Waals surface area contributed by atoms with Gasteiger partial charge < -0.3 is 14.6 Å². The van der Waals surface area contributed by atoms with Gasteiger partial charge in [0.2, 0.25) is 0 Å². The molecule has 1 aliphatic rings. The van der Waals surface area contributed by atoms with Gasteiger partial charge in [0.25, 0.3) is 0 Å². The Morgan fingerprint density at radius 2 is 1.87 bits per heavy atom. The Bertz CT molecular complexity index is 581. The second kappa shape index (κ2) is 6.75. The molecule has 126 valence electrons. The predicted molar refractivity (Wildman–Crippen MR) is 89.0 cm³/mol. The van der Waals surface area contributed by atoms with E-state index < -0.39 is 17.7 Å². The summed E-state index contributed by atoms with van der Waals surface area (Å²) < 4.78 is 11.6. The van der Waals surface area contributed by atoms with Crippen LogP contribution < -0.4 is 0 Å². The maximum Gasteiger partial charge on any atom is 0.340 e. The van der Waals surface area contributed by atoms with Gasteiger partial charge >= 0.3 is 5.97 Å². The molecule has 0 unspecified atom stereocenters. The zero-order chi connectivity index (χ0) is 17.2. The van der Waals surface area contributed by atoms with E-state index in [2.05, 4.69) is 0 Å². The van der Waals surface area contributed by atoms with Gasteiger partial charge in [0, 0.05) is 6.42 Å². The summed E-state index contributed by atoms with van der Waals surface area (Å²) >= 11 is 0. The van der Waals surface area contributed by atoms with Crippen molar-refractivity contribution in [1.82, 2.24) is 0 Å². The first-order valence-corrected chi connectivity index (χ1v) is 8.05. The Balaban J connectivity index is 2.31. The zero-order valence-corrected chi connectivity index (χ0v) is 14.5. The van der Waals surface area contributed by atoms with Crippen LogP contribution in [0, 0.1) is 5.92 Å². The number of rotatable bonds is 3. The molecule has 0 saturated carbocycles. The number of aliphatic hydroxyl groups excluding tert-OH is 1. The van der Waals surface area contributed by atoms with Crippen LogP contribution >= 0.6 is 0 Å². The molecule has 2 rings (SSSR count). The zero-order valence-electron chi connectivity index (χ0n) is 14.5. The summed E-state index contributed by atoms with van der Waals surface area (Å²) in [5.41, 5.74) is 0.636. The monoisotopic (exact) mass is 318 g/mol. The molecule has 0 aromatic heterocycles. The number of carbonyl (C=O) groups excluding carboxylic acids is 1. The van der Waals surface area contributed by atoms with Crippen LogP contribution in [0.4, 0.5) is 0 Å². The van der Waals surface area contributed by atoms with Gasteiger partial charge in [0.15, 0.2) is 0 Å². The van der Waals surface area contributed by atoms with Crippen LogP contribution in [0.25, 0.3) is 0 Å². The molecule has 0 bridgehead atoms. The number of ether oxygens (including phenoxy) is 2. The fourth-order valence-corrected chi connectivity index (χ4v) is 2.66. The topological polar surface area (TPSA) is 55.8 Å². The lowest BCUT2D eigenvalue weighted by atomic mass is 9.91. The van der Waals surface area contributed by atoms with Crippen molar-refractivity contribution in [1.29, 1.82) is 0 Å². The van der Waals surface area contributed by atoms with E-state index in [-0.39, 0.29) is 29.8 Å². The maximum atomic E-state index is 12.5. The van der Waals surface area contributed by atoms with Crippen LogP contribution in [-0.2, 0) is 14.3 Å². The van der Waals surface area contributed by atoms with Crippen LogP contribution in [0.5, 0.6) is 0 Å². The van der Waals surface area contributed by atoms with Gasteiger partial charge in [0.05, 0.1) is 12.2 Å². The van der Waals surface area contributed by atoms with Gasteiger partial charge in [-0.05, 0) is 32.3 Å². The van der Waals surface area contributed by atoms with Crippen LogP contribution in [0.3, 0.4) is 0 Å². The fraction of sp³-hybridized carbons (Fsp3) is 0.526. The molecule has 1 aromatic rings. The highest BCUT2D eigenvalue weighted by Crippen LogP contribution is 2.37. The molecule has 0 spiro atoms. The molecule has 1 aliphatic heterocycles. The fourth-order valence-electron chi connectivity index (χ4n) is 2.66. The molecule has 2 atom stereocenters. The van der Waals surface area contributed by atoms with Crippen molar-refractivity contribution in [3.8, 4) is 0 Å². The van der Waals surface area contributed by atoms with Crippen LogP contribution in [0.15, 0.2) is 41.7 Å². The largest absolute Gasteiger partial charge is 0.512 e. The molecule has 1 aromatic carbocycles. The molecule has 1 heterocycles. The molecule has 4 nitrogen and oxygen atoms in total. The second-order valence-corrected chi connectivity index (χ2v) is 7.27. The smallest absolute Gasteiger partial charge is 0.340 e. The van der Waals surface area contributed by atoms with Gasteiger partial charge in [-0.1, -0.05) is 44.2 Å². The number of esters is 1. The first kappa shape index (κ1) is 17.5. The number of hydrogen-bond donors (Lipinski definition) is 1. The van der Waals surface area contributed by atoms with Gasteiger partial charge in [0.1, 0.15) is 16.9 Å². The molecule has 0 radical (unpaired) electrons. The van der Waals surface area contributed by atoms with E-state index in [0.29, 0.717) is 0 Å². The van der Waals surface area contributed by atoms with Crippen LogP contribution in [0.2, 0.25) is 0 Å². The molecule has 0 amide bonds. The summed E-state index contributed by atoms with van der Waals surface area (Å²) in [7, 11) is 0. The van der Waals surface area contributed by atoms with Crippen molar-refractivity contribution >= 4 is 5.97 Å². The lowest BCUT2D eigenvalue weighted by Crippen LogP contribution is -2.37. The Hall–Kier alpha value is -1.81. The Kier molecular flexibility index (Phi) is 5.15. The molecule has 23 heavy (non-hydrogen) atoms. The third kappa shape index (κ3) is 4.35. The maximum absolute atomic E-state index is 12.5. The number of carbonyl (C=O) groups is 1. The second-order valence-electron chi connectivity index (χ2n) is 7.27. The molecule has 0 aliphatic carbocycles. The van der Waals surface area contributed by atoms with Crippen molar-refractivity contribution in [2.45, 2.75) is 58.8 Å². The summed E-state index contributed by atoms with van der Waals surface area (Å²) in [5, 5.41) is 10.5. The molecular formula is C19H26O4. The number of benzene rings is 1. The highest BCUT2D eigenvalue weighted by atomic mass is 16.6. The lowest BCUT2D eigenvalue weighted by molar-refractivity contribution is -0.154. The molecule has 0 fully saturated rings. The third-order valence-corrected chi connectivity index (χ3v) is 3.68. The molecule has 4 heteroatoms. The van der Waals surface area contributed by atoms with E-state index >= 15 is 0 Å². The minimum Gasteiger partial charge on any atom is -0.512 e. The predicted octanol–water partition coefficient (Wildman–Crippen LogP) is 4.33. The Morgan fingerprint density at radius 3 is 2.39 bits per heavy atom. The standard InChI is InChI=1S/C19H26O4/c1-12(2)17-16(18(21)23-19(3,4)5)14(20)11-15(22-17)13-9-7-6-8-10-13/h6-10,12,15,17,20H,11H2,1-5H3/t15-,17+/m0/s1. The van der Waals surface area contributed by atoms with E-state index in [1.807, 2.05) is 65.0 Å². The van der Waals surface area contributed by atoms with Crippen molar-refractivity contribution in [3.63, 3.8) is 0 Å². The van der Waals surface area contributed by atoms with Crippen LogP contribution in [-0.4, -0.2) is 22.8 Å². The minimum atomic E-state index is -0.609. The van der Waals surface area contributed by atoms with Gasteiger partial charge in [-0.3, -0.25) is 0 Å². The lowest BCUT2D eigenvalue weighted by Gasteiger charge is -2.34. The van der Waals surface area contributed by atoms with E-state index in [1.165, 1.54) is 0 Å². The van der Waals surface area contributed by atoms with E-state index in [1.54, 1.807) is 0 Å². The van der Waals surface area contributed by atoms with Gasteiger partial charge in [-0.15, -0.1) is 0 Å². The highest BCUT2D eigenvalue weighted by Gasteiger charge is 2.38. The van der Waals surface area contributed by atoms with E-state index in [0.717, 1.165) is 5.56 Å². The summed E-state index contributed by atoms with van der Waals surface area (Å²) in [4.78, 5) is 12.5. The normalized spacial score (nSPS) is 22.3. The molecule has 1 N–H and O–H groups in total. The first-order chi connectivity index (χ1) is 10.7. The van der Waals surface area contributed by atoms with Crippen molar-refractivity contribution < 1.29 is 19.4 Å². The van der Waals surface area contributed by atoms with Gasteiger partial charge in [-0.2, -0.15) is 0 Å². The van der Waals surface area contributed by atoms with E-state index in [4.69, 9.17) is 9.47 Å². The minimum absolute atomic E-state index is 0.0474. The highest BCUT2D eigenvalue weighted by molar-refractivity contribution is 5.90. The Labute approximate surface area is 138 Å². The quantitative estimate of drug-likeness (QED) is 0.843. The average Bonchev–Trinajstić information content (AvgIpc) is 2.45. The van der Waals surface area contributed by atoms with E-state index in [9.17, 15) is 9.90 Å². The summed E-state index contributed by atoms with van der Waals surface area (Å²) in [6, 6.07) is 9.75. The summed E-state index contributed by atoms with van der Waals surface area (Å²) in [6.07, 6.45) is -0.458. The van der Waals surface area contributed by atoms with Crippen LogP contribution in [0.1, 0.15) is 52.7 Å². The SMILES string of the molecule is CC(C)[C@H]1O[C@H](c2ccccc2)CC(O)=C1C(=O)OC(C)(C)C. The number of aliphatic hydroxyl groups is 1. The van der Waals surface area contributed by atoms with Crippen molar-refractivity contribution in [2.24, 2.45) is 5.92 Å². The van der Waals surface area contributed by atoms with Crippen molar-refractivity contribution in [3.05, 3.63) is 47.2 Å². The third-order valence-electron chi connectivity index (χ3n) is 3.68.